The van der Waals surface area contributed by atoms with Crippen LogP contribution in [0.3, 0.4) is 0 Å². The van der Waals surface area contributed by atoms with Crippen LogP contribution < -0.4 is 4.72 Å². The summed E-state index contributed by atoms with van der Waals surface area (Å²) in [6.45, 7) is -0.0480. The molecule has 0 spiro atoms. The summed E-state index contributed by atoms with van der Waals surface area (Å²) in [4.78, 5) is 9.66. The number of benzene rings is 1. The van der Waals surface area contributed by atoms with E-state index in [0.29, 0.717) is 6.42 Å². The number of sulfonamides is 1. The van der Waals surface area contributed by atoms with Gasteiger partial charge in [0.2, 0.25) is 10.0 Å². The Bertz CT molecular complexity index is 757. The Balaban J connectivity index is 2.15. The van der Waals surface area contributed by atoms with E-state index in [1.54, 1.807) is 0 Å². The van der Waals surface area contributed by atoms with Gasteiger partial charge in [0.1, 0.15) is 0 Å². The fourth-order valence-corrected chi connectivity index (χ4v) is 5.32. The topological polar surface area (TPSA) is 123 Å². The van der Waals surface area contributed by atoms with Crippen molar-refractivity contribution in [1.29, 1.82) is 0 Å². The molecule has 0 amide bonds. The molecule has 0 aliphatic carbocycles. The maximum Gasteiger partial charge on any atom is 0.289 e. The summed E-state index contributed by atoms with van der Waals surface area (Å²) in [5.74, 6) is -0.315. The monoisotopic (exact) mass is 334 g/mol. The van der Waals surface area contributed by atoms with Crippen LogP contribution in [0.2, 0.25) is 0 Å². The van der Waals surface area contributed by atoms with Crippen LogP contribution in [-0.4, -0.2) is 39.8 Å². The van der Waals surface area contributed by atoms with Crippen LogP contribution in [0.5, 0.6) is 0 Å². The first-order chi connectivity index (χ1) is 9.71. The molecule has 0 bridgehead atoms. The number of rotatable bonds is 5. The van der Waals surface area contributed by atoms with Gasteiger partial charge >= 0.3 is 0 Å². The van der Waals surface area contributed by atoms with Crippen LogP contribution in [0.15, 0.2) is 29.2 Å². The highest BCUT2D eigenvalue weighted by atomic mass is 32.2. The maximum absolute atomic E-state index is 12.1. The van der Waals surface area contributed by atoms with Crippen molar-refractivity contribution in [2.24, 2.45) is 5.92 Å². The number of nitrogens with one attached hydrogen (secondary N) is 1. The standard InChI is InChI=1S/C11H14N2O6S2/c14-13(15)10-3-1-2-4-11(10)21(18,19)12-7-9-5-6-20(16,17)8-9/h1-4,9,12H,5-8H2/t9-/m1/s1. The van der Waals surface area contributed by atoms with Crippen LogP contribution in [-0.2, 0) is 19.9 Å². The number of hydrogen-bond donors (Lipinski definition) is 1. The Morgan fingerprint density at radius 3 is 2.57 bits per heavy atom. The Labute approximate surface area is 122 Å². The van der Waals surface area contributed by atoms with Crippen molar-refractivity contribution < 1.29 is 21.8 Å². The van der Waals surface area contributed by atoms with Crippen molar-refractivity contribution in [3.63, 3.8) is 0 Å². The van der Waals surface area contributed by atoms with Crippen molar-refractivity contribution in [2.75, 3.05) is 18.1 Å². The fraction of sp³-hybridized carbons (Fsp3) is 0.455. The highest BCUT2D eigenvalue weighted by molar-refractivity contribution is 7.91. The van der Waals surface area contributed by atoms with Crippen LogP contribution in [0.25, 0.3) is 0 Å². The SMILES string of the molecule is O=[N+]([O-])c1ccccc1S(=O)(=O)NC[C@H]1CCS(=O)(=O)C1. The smallest absolute Gasteiger partial charge is 0.258 e. The zero-order valence-electron chi connectivity index (χ0n) is 10.9. The van der Waals surface area contributed by atoms with E-state index in [4.69, 9.17) is 0 Å². The van der Waals surface area contributed by atoms with Gasteiger partial charge in [-0.1, -0.05) is 12.1 Å². The zero-order valence-corrected chi connectivity index (χ0v) is 12.6. The molecule has 116 valence electrons. The summed E-state index contributed by atoms with van der Waals surface area (Å²) in [7, 11) is -7.14. The molecule has 0 radical (unpaired) electrons. The fourth-order valence-electron chi connectivity index (χ4n) is 2.17. The molecule has 8 nitrogen and oxygen atoms in total. The van der Waals surface area contributed by atoms with E-state index in [-0.39, 0.29) is 24.0 Å². The quantitative estimate of drug-likeness (QED) is 0.610. The van der Waals surface area contributed by atoms with E-state index in [1.807, 2.05) is 0 Å². The molecule has 1 aromatic carbocycles. The molecule has 1 aliphatic rings. The normalized spacial score (nSPS) is 21.2. The average Bonchev–Trinajstić information content (AvgIpc) is 2.76. The molecule has 1 aliphatic heterocycles. The van der Waals surface area contributed by atoms with Crippen molar-refractivity contribution in [3.8, 4) is 0 Å². The van der Waals surface area contributed by atoms with Gasteiger partial charge in [0.05, 0.1) is 16.4 Å². The third-order valence-electron chi connectivity index (χ3n) is 3.24. The second kappa shape index (κ2) is 5.70. The minimum atomic E-state index is -4.05. The first-order valence-corrected chi connectivity index (χ1v) is 9.45. The lowest BCUT2D eigenvalue weighted by Crippen LogP contribution is -2.30. The predicted molar refractivity (Wildman–Crippen MR) is 75.0 cm³/mol. The lowest BCUT2D eigenvalue weighted by atomic mass is 10.1. The van der Waals surface area contributed by atoms with E-state index in [1.165, 1.54) is 12.1 Å². The highest BCUT2D eigenvalue weighted by Gasteiger charge is 2.30. The number of nitro groups is 1. The van der Waals surface area contributed by atoms with Gasteiger partial charge in [-0.15, -0.1) is 0 Å². The summed E-state index contributed by atoms with van der Waals surface area (Å²) < 4.78 is 49.1. The highest BCUT2D eigenvalue weighted by Crippen LogP contribution is 2.23. The van der Waals surface area contributed by atoms with E-state index in [9.17, 15) is 26.9 Å². The van der Waals surface area contributed by atoms with Crippen molar-refractivity contribution in [1.82, 2.24) is 4.72 Å². The summed E-state index contributed by atoms with van der Waals surface area (Å²) in [5, 5.41) is 10.8. The summed E-state index contributed by atoms with van der Waals surface area (Å²) in [6, 6.07) is 5.02. The Morgan fingerprint density at radius 1 is 1.33 bits per heavy atom. The third-order valence-corrected chi connectivity index (χ3v) is 6.55. The molecule has 1 saturated heterocycles. The van der Waals surface area contributed by atoms with E-state index in [0.717, 1.165) is 12.1 Å². The van der Waals surface area contributed by atoms with Gasteiger partial charge in [-0.2, -0.15) is 0 Å². The molecule has 1 aromatic rings. The predicted octanol–water partition coefficient (Wildman–Crippen LogP) is 0.308. The molecule has 0 aromatic heterocycles. The largest absolute Gasteiger partial charge is 0.289 e. The number of sulfone groups is 1. The zero-order chi connectivity index (χ0) is 15.7. The average molecular weight is 334 g/mol. The minimum absolute atomic E-state index is 0.0465. The van der Waals surface area contributed by atoms with Crippen LogP contribution in [0.1, 0.15) is 6.42 Å². The first kappa shape index (κ1) is 15.9. The van der Waals surface area contributed by atoms with Gasteiger partial charge in [0.15, 0.2) is 14.7 Å². The molecular formula is C11H14N2O6S2. The first-order valence-electron chi connectivity index (χ1n) is 6.15. The second-order valence-electron chi connectivity index (χ2n) is 4.85. The van der Waals surface area contributed by atoms with Gasteiger partial charge in [0, 0.05) is 12.6 Å². The summed E-state index contributed by atoms with van der Waals surface area (Å²) in [5.41, 5.74) is -0.510. The molecule has 1 atom stereocenters. The van der Waals surface area contributed by atoms with E-state index >= 15 is 0 Å². The van der Waals surface area contributed by atoms with Gasteiger partial charge in [-0.05, 0) is 18.4 Å². The van der Waals surface area contributed by atoms with Crippen LogP contribution >= 0.6 is 0 Å². The number of para-hydroxylation sites is 1. The minimum Gasteiger partial charge on any atom is -0.258 e. The summed E-state index contributed by atoms with van der Waals surface area (Å²) >= 11 is 0. The van der Waals surface area contributed by atoms with Crippen LogP contribution in [0.4, 0.5) is 5.69 Å². The number of nitro benzene ring substituents is 1. The molecule has 1 fully saturated rings. The van der Waals surface area contributed by atoms with Crippen molar-refractivity contribution in [3.05, 3.63) is 34.4 Å². The summed E-state index contributed by atoms with van der Waals surface area (Å²) in [6.07, 6.45) is 0.391. The molecule has 1 heterocycles. The van der Waals surface area contributed by atoms with Gasteiger partial charge in [-0.25, -0.2) is 21.6 Å². The van der Waals surface area contributed by atoms with Gasteiger partial charge in [0.25, 0.3) is 5.69 Å². The molecule has 0 unspecified atom stereocenters. The molecule has 1 N–H and O–H groups in total. The Hall–Kier alpha value is -1.52. The van der Waals surface area contributed by atoms with Gasteiger partial charge in [-0.3, -0.25) is 10.1 Å². The van der Waals surface area contributed by atoms with E-state index < -0.39 is 35.4 Å². The molecule has 0 saturated carbocycles. The maximum atomic E-state index is 12.1. The molecule has 2 rings (SSSR count). The number of nitrogens with zero attached hydrogens (tertiary/aromatic N) is 1. The van der Waals surface area contributed by atoms with Crippen molar-refractivity contribution >= 4 is 25.5 Å². The molecule has 10 heteroatoms. The Kier molecular flexibility index (Phi) is 4.30. The lowest BCUT2D eigenvalue weighted by molar-refractivity contribution is -0.387. The van der Waals surface area contributed by atoms with Crippen LogP contribution in [0, 0.1) is 16.0 Å². The van der Waals surface area contributed by atoms with Gasteiger partial charge < -0.3 is 0 Å². The lowest BCUT2D eigenvalue weighted by Gasteiger charge is -2.10. The second-order valence-corrected chi connectivity index (χ2v) is 8.81. The van der Waals surface area contributed by atoms with E-state index in [2.05, 4.69) is 4.72 Å². The third kappa shape index (κ3) is 3.77. The van der Waals surface area contributed by atoms with Crippen molar-refractivity contribution in [2.45, 2.75) is 11.3 Å². The molecular weight excluding hydrogens is 320 g/mol. The Morgan fingerprint density at radius 2 is 2.00 bits per heavy atom. The molecule has 21 heavy (non-hydrogen) atoms. The number of hydrogen-bond acceptors (Lipinski definition) is 6.